The van der Waals surface area contributed by atoms with E-state index < -0.39 is 5.92 Å². The number of aliphatic hydroxyl groups excluding tert-OH is 1. The van der Waals surface area contributed by atoms with Crippen LogP contribution in [0.3, 0.4) is 0 Å². The third-order valence-electron chi connectivity index (χ3n) is 5.41. The first-order valence-corrected chi connectivity index (χ1v) is 9.50. The molecule has 3 aliphatic rings. The molecule has 2 aliphatic carbocycles. The Morgan fingerprint density at radius 1 is 1.14 bits per heavy atom. The van der Waals surface area contributed by atoms with E-state index in [0.717, 1.165) is 11.3 Å². The Labute approximate surface area is 167 Å². The van der Waals surface area contributed by atoms with Gasteiger partial charge >= 0.3 is 0 Å². The molecule has 6 nitrogen and oxygen atoms in total. The van der Waals surface area contributed by atoms with Gasteiger partial charge in [0.15, 0.2) is 23.1 Å². The van der Waals surface area contributed by atoms with Crippen molar-refractivity contribution >= 4 is 23.0 Å². The molecule has 1 atom stereocenters. The summed E-state index contributed by atoms with van der Waals surface area (Å²) in [5, 5.41) is 12.3. The number of ether oxygens (including phenoxy) is 1. The summed E-state index contributed by atoms with van der Waals surface area (Å²) in [4.78, 5) is 30.1. The van der Waals surface area contributed by atoms with E-state index in [2.05, 4.69) is 10.3 Å². The minimum Gasteiger partial charge on any atom is -0.444 e. The van der Waals surface area contributed by atoms with E-state index in [1.165, 1.54) is 0 Å². The van der Waals surface area contributed by atoms with Crippen LogP contribution in [-0.4, -0.2) is 35.5 Å². The van der Waals surface area contributed by atoms with Gasteiger partial charge in [0.05, 0.1) is 6.61 Å². The zero-order valence-electron chi connectivity index (χ0n) is 15.8. The third-order valence-corrected chi connectivity index (χ3v) is 5.41. The van der Waals surface area contributed by atoms with Crippen molar-refractivity contribution < 1.29 is 24.4 Å². The van der Waals surface area contributed by atoms with Crippen LogP contribution >= 0.6 is 0 Å². The van der Waals surface area contributed by atoms with Gasteiger partial charge in [-0.2, -0.15) is 0 Å². The van der Waals surface area contributed by atoms with E-state index in [0.29, 0.717) is 39.6 Å². The molecule has 0 amide bonds. The van der Waals surface area contributed by atoms with Crippen molar-refractivity contribution in [2.45, 2.75) is 6.92 Å². The maximum absolute atomic E-state index is 13.4. The summed E-state index contributed by atoms with van der Waals surface area (Å²) in [6.45, 7) is 2.14. The lowest BCUT2D eigenvalue weighted by atomic mass is 9.72. The first-order valence-electron chi connectivity index (χ1n) is 9.50. The van der Waals surface area contributed by atoms with Crippen molar-refractivity contribution in [3.8, 4) is 5.75 Å². The van der Waals surface area contributed by atoms with Gasteiger partial charge < -0.3 is 15.2 Å². The third kappa shape index (κ3) is 2.64. The topological polar surface area (TPSA) is 89.6 Å². The highest BCUT2D eigenvalue weighted by Crippen LogP contribution is 2.38. The minimum atomic E-state index is -0.784. The highest BCUT2D eigenvalue weighted by Gasteiger charge is 2.49. The number of hydrogen-bond donors (Lipinski definition) is 3. The van der Waals surface area contributed by atoms with E-state index in [-0.39, 0.29) is 24.7 Å². The van der Waals surface area contributed by atoms with Gasteiger partial charge in [-0.15, -0.1) is 0 Å². The van der Waals surface area contributed by atoms with Crippen LogP contribution in [0.1, 0.15) is 26.3 Å². The molecule has 0 bridgehead atoms. The monoisotopic (exact) mass is 387 g/mol. The molecule has 1 heterocycles. The van der Waals surface area contributed by atoms with Gasteiger partial charge in [-0.25, -0.2) is 4.99 Å². The number of ketones is 2. The van der Waals surface area contributed by atoms with Gasteiger partial charge in [0.25, 0.3) is 0 Å². The lowest BCUT2D eigenvalue weighted by Gasteiger charge is -2.31. The van der Waals surface area contributed by atoms with E-state index in [1.54, 1.807) is 30.3 Å². The molecule has 0 saturated heterocycles. The fraction of sp³-hybridized carbons (Fsp3) is 0.174. The molecule has 1 unspecified atom stereocenters. The summed E-state index contributed by atoms with van der Waals surface area (Å²) >= 11 is 0. The molecule has 3 N–H and O–H groups in total. The highest BCUT2D eigenvalue weighted by molar-refractivity contribution is 6.32. The average Bonchev–Trinajstić information content (AvgIpc) is 2.73. The molecule has 6 heteroatoms. The first kappa shape index (κ1) is 17.6. The molecular weight excluding hydrogens is 368 g/mol. The molecule has 144 valence electrons. The molecular formula is C23H19N2O4+. The smallest absolute Gasteiger partial charge is 0.246 e. The number of allylic oxidation sites excluding steroid dienone is 3. The van der Waals surface area contributed by atoms with Crippen LogP contribution in [0.25, 0.3) is 0 Å². The number of aliphatic hydroxyl groups is 1. The number of benzene rings is 2. The highest BCUT2D eigenvalue weighted by atomic mass is 16.5. The zero-order chi connectivity index (χ0) is 20.1. The van der Waals surface area contributed by atoms with Gasteiger partial charge in [-0.05, 0) is 18.6 Å². The van der Waals surface area contributed by atoms with Gasteiger partial charge in [-0.3, -0.25) is 9.59 Å². The largest absolute Gasteiger partial charge is 0.444 e. The van der Waals surface area contributed by atoms with Crippen LogP contribution in [-0.2, 0) is 0 Å². The fourth-order valence-corrected chi connectivity index (χ4v) is 4.08. The number of rotatable bonds is 3. The Morgan fingerprint density at radius 3 is 2.72 bits per heavy atom. The molecule has 2 aromatic carbocycles. The minimum absolute atomic E-state index is 0.0962. The Kier molecular flexibility index (Phi) is 3.96. The van der Waals surface area contributed by atoms with Gasteiger partial charge in [-0.1, -0.05) is 30.3 Å². The van der Waals surface area contributed by atoms with E-state index in [4.69, 9.17) is 4.74 Å². The molecule has 0 spiro atoms. The molecule has 0 fully saturated rings. The Hall–Kier alpha value is -3.51. The first-order chi connectivity index (χ1) is 14.1. The number of carbonyl (C=O) groups excluding carboxylic acids is 2. The van der Waals surface area contributed by atoms with Crippen molar-refractivity contribution in [1.82, 2.24) is 5.32 Å². The number of aryl methyl sites for hydroxylation is 1. The second-order valence-corrected chi connectivity index (χ2v) is 7.30. The van der Waals surface area contributed by atoms with Crippen molar-refractivity contribution in [1.29, 1.82) is 0 Å². The molecule has 29 heavy (non-hydrogen) atoms. The molecule has 0 radical (unpaired) electrons. The second kappa shape index (κ2) is 6.53. The van der Waals surface area contributed by atoms with Crippen LogP contribution < -0.4 is 15.0 Å². The number of fused-ring (bicyclic) bond motifs is 5. The summed E-state index contributed by atoms with van der Waals surface area (Å²) in [6, 6.07) is 12.7. The lowest BCUT2D eigenvalue weighted by Crippen LogP contribution is -2.72. The Bertz CT molecular complexity index is 1170. The molecule has 0 saturated carbocycles. The van der Waals surface area contributed by atoms with Crippen LogP contribution in [0, 0.1) is 12.8 Å². The number of Topliss-reactive ketones (excluding diaryl/α,β-unsaturated/α-hetero) is 2. The van der Waals surface area contributed by atoms with Crippen LogP contribution in [0.15, 0.2) is 65.6 Å². The van der Waals surface area contributed by atoms with Crippen LogP contribution in [0.4, 0.5) is 5.69 Å². The van der Waals surface area contributed by atoms with E-state index in [9.17, 15) is 14.7 Å². The normalized spacial score (nSPS) is 19.3. The summed E-state index contributed by atoms with van der Waals surface area (Å²) in [5.74, 6) is 0.0431. The fourth-order valence-electron chi connectivity index (χ4n) is 4.08. The summed E-state index contributed by atoms with van der Waals surface area (Å²) in [6.07, 6.45) is 1.73. The Morgan fingerprint density at radius 2 is 1.93 bits per heavy atom. The van der Waals surface area contributed by atoms with Crippen molar-refractivity contribution in [3.63, 3.8) is 0 Å². The maximum Gasteiger partial charge on any atom is 0.246 e. The summed E-state index contributed by atoms with van der Waals surface area (Å²) in [5.41, 5.74) is 4.08. The second-order valence-electron chi connectivity index (χ2n) is 7.30. The summed E-state index contributed by atoms with van der Waals surface area (Å²) < 4.78 is 6.11. The maximum atomic E-state index is 13.4. The van der Waals surface area contributed by atoms with Crippen molar-refractivity contribution in [3.05, 3.63) is 82.3 Å². The van der Waals surface area contributed by atoms with Crippen molar-refractivity contribution in [2.24, 2.45) is 5.92 Å². The lowest BCUT2D eigenvalue weighted by molar-refractivity contribution is -0.361. The molecule has 5 rings (SSSR count). The zero-order valence-corrected chi connectivity index (χ0v) is 15.8. The molecule has 0 aromatic heterocycles. The molecule has 1 aliphatic heterocycles. The van der Waals surface area contributed by atoms with E-state index in [1.807, 2.05) is 25.1 Å². The van der Waals surface area contributed by atoms with E-state index >= 15 is 0 Å². The predicted molar refractivity (Wildman–Crippen MR) is 106 cm³/mol. The van der Waals surface area contributed by atoms with Crippen LogP contribution in [0.5, 0.6) is 5.75 Å². The van der Waals surface area contributed by atoms with Crippen molar-refractivity contribution in [2.75, 3.05) is 13.2 Å². The van der Waals surface area contributed by atoms with Gasteiger partial charge in [0, 0.05) is 41.1 Å². The number of nitrogens with one attached hydrogen (secondary N) is 2. The quantitative estimate of drug-likeness (QED) is 0.730. The van der Waals surface area contributed by atoms with Gasteiger partial charge in [0.1, 0.15) is 5.92 Å². The number of carbonyl (C=O) groups is 2. The Balaban J connectivity index is 1.73. The standard InChI is InChI=1S/C23H18N2O4/c1-12-6-7-15-17(10-12)29-18-11-16(24-8-9-26)19-20(21(18)25-15)23(28)14-5-3-2-4-13(14)22(19)27/h2-7,10-11,20,24,26H,8-9H2,1H3/p+1. The summed E-state index contributed by atoms with van der Waals surface area (Å²) in [7, 11) is 0. The van der Waals surface area contributed by atoms with Gasteiger partial charge in [0.2, 0.25) is 11.4 Å². The predicted octanol–water partition coefficient (Wildman–Crippen LogP) is 0.969. The average molecular weight is 387 g/mol. The number of hydrogen-bond acceptors (Lipinski definition) is 5. The SMILES string of the molecule is Cc1ccc2c(c1)OC1=CC(NCCO)=C3C(=O)c4ccccc4C(=O)C3C1=[NH+]2. The van der Waals surface area contributed by atoms with Crippen LogP contribution in [0.2, 0.25) is 0 Å². The molecule has 2 aromatic rings.